The lowest BCUT2D eigenvalue weighted by atomic mass is 10.0. The molecule has 1 aromatic carbocycles. The maximum absolute atomic E-state index is 12.2. The summed E-state index contributed by atoms with van der Waals surface area (Å²) in [6.45, 7) is 3.26. The molecular weight excluding hydrogens is 318 g/mol. The third kappa shape index (κ3) is 4.72. The summed E-state index contributed by atoms with van der Waals surface area (Å²) >= 11 is 0. The van der Waals surface area contributed by atoms with Gasteiger partial charge in [-0.2, -0.15) is 0 Å². The van der Waals surface area contributed by atoms with E-state index in [2.05, 4.69) is 10.6 Å². The molecule has 2 aliphatic rings. The molecule has 6 nitrogen and oxygen atoms in total. The first kappa shape index (κ1) is 17.7. The third-order valence-corrected chi connectivity index (χ3v) is 4.91. The molecule has 1 fully saturated rings. The van der Waals surface area contributed by atoms with Crippen molar-refractivity contribution in [1.82, 2.24) is 10.2 Å². The smallest absolute Gasteiger partial charge is 0.224 e. The maximum atomic E-state index is 12.2. The summed E-state index contributed by atoms with van der Waals surface area (Å²) < 4.78 is 5.78. The molecule has 0 aliphatic carbocycles. The van der Waals surface area contributed by atoms with Crippen molar-refractivity contribution in [2.24, 2.45) is 5.92 Å². The third-order valence-electron chi connectivity index (χ3n) is 4.91. The Morgan fingerprint density at radius 2 is 2.28 bits per heavy atom. The number of likely N-dealkylation sites (tertiary alicyclic amines) is 1. The van der Waals surface area contributed by atoms with Crippen molar-refractivity contribution in [2.45, 2.75) is 32.1 Å². The SMILES string of the molecule is CNCC1CCN(C(=O)CCCOc2ccc3c(c2)CCC(=O)N3)C1. The number of hydrogen-bond acceptors (Lipinski definition) is 4. The monoisotopic (exact) mass is 345 g/mol. The van der Waals surface area contributed by atoms with Crippen molar-refractivity contribution in [3.05, 3.63) is 23.8 Å². The topological polar surface area (TPSA) is 70.7 Å². The largest absolute Gasteiger partial charge is 0.494 e. The number of fused-ring (bicyclic) bond motifs is 1. The zero-order valence-corrected chi connectivity index (χ0v) is 14.8. The number of nitrogens with zero attached hydrogens (tertiary/aromatic N) is 1. The Kier molecular flexibility index (Phi) is 5.91. The van der Waals surface area contributed by atoms with Gasteiger partial charge in [-0.1, -0.05) is 0 Å². The van der Waals surface area contributed by atoms with E-state index in [1.807, 2.05) is 30.1 Å². The zero-order valence-electron chi connectivity index (χ0n) is 14.8. The van der Waals surface area contributed by atoms with Crippen LogP contribution in [0.15, 0.2) is 18.2 Å². The first-order valence-electron chi connectivity index (χ1n) is 9.13. The van der Waals surface area contributed by atoms with Crippen molar-refractivity contribution in [3.8, 4) is 5.75 Å². The lowest BCUT2D eigenvalue weighted by molar-refractivity contribution is -0.130. The van der Waals surface area contributed by atoms with Crippen molar-refractivity contribution >= 4 is 17.5 Å². The highest BCUT2D eigenvalue weighted by atomic mass is 16.5. The minimum Gasteiger partial charge on any atom is -0.494 e. The molecule has 0 saturated carbocycles. The highest BCUT2D eigenvalue weighted by Gasteiger charge is 2.25. The molecule has 0 spiro atoms. The first-order chi connectivity index (χ1) is 12.2. The fraction of sp³-hybridized carbons (Fsp3) is 0.579. The van der Waals surface area contributed by atoms with Gasteiger partial charge in [-0.05, 0) is 62.5 Å². The lowest BCUT2D eigenvalue weighted by Gasteiger charge is -2.18. The molecule has 0 aromatic heterocycles. The summed E-state index contributed by atoms with van der Waals surface area (Å²) in [7, 11) is 1.95. The number of carbonyl (C=O) groups excluding carboxylic acids is 2. The van der Waals surface area contributed by atoms with Crippen LogP contribution in [0.4, 0.5) is 5.69 Å². The van der Waals surface area contributed by atoms with Gasteiger partial charge in [-0.25, -0.2) is 0 Å². The van der Waals surface area contributed by atoms with Gasteiger partial charge in [0.1, 0.15) is 5.75 Å². The standard InChI is InChI=1S/C19H27N3O3/c1-20-12-14-8-9-22(13-14)19(24)3-2-10-25-16-5-6-17-15(11-16)4-7-18(23)21-17/h5-6,11,14,20H,2-4,7-10,12-13H2,1H3,(H,21,23). The van der Waals surface area contributed by atoms with E-state index in [9.17, 15) is 9.59 Å². The van der Waals surface area contributed by atoms with Crippen LogP contribution in [0.2, 0.25) is 0 Å². The van der Waals surface area contributed by atoms with Crippen molar-refractivity contribution in [2.75, 3.05) is 38.6 Å². The van der Waals surface area contributed by atoms with Gasteiger partial charge in [0, 0.05) is 31.6 Å². The highest BCUT2D eigenvalue weighted by Crippen LogP contribution is 2.27. The van der Waals surface area contributed by atoms with E-state index < -0.39 is 0 Å². The molecule has 6 heteroatoms. The Balaban J connectivity index is 1.39. The number of rotatable bonds is 7. The summed E-state index contributed by atoms with van der Waals surface area (Å²) in [5.74, 6) is 1.69. The molecule has 1 atom stereocenters. The van der Waals surface area contributed by atoms with Gasteiger partial charge < -0.3 is 20.3 Å². The van der Waals surface area contributed by atoms with Gasteiger partial charge in [0.05, 0.1) is 6.61 Å². The van der Waals surface area contributed by atoms with Crippen LogP contribution in [0.25, 0.3) is 0 Å². The Morgan fingerprint density at radius 3 is 3.12 bits per heavy atom. The van der Waals surface area contributed by atoms with E-state index in [1.165, 1.54) is 0 Å². The predicted molar refractivity (Wildman–Crippen MR) is 96.7 cm³/mol. The minimum atomic E-state index is 0.0681. The van der Waals surface area contributed by atoms with Crippen LogP contribution in [-0.4, -0.2) is 50.0 Å². The molecule has 2 heterocycles. The van der Waals surface area contributed by atoms with Crippen LogP contribution < -0.4 is 15.4 Å². The molecule has 2 aliphatic heterocycles. The number of anilines is 1. The normalized spacial score (nSPS) is 19.5. The first-order valence-corrected chi connectivity index (χ1v) is 9.13. The average molecular weight is 345 g/mol. The fourth-order valence-corrected chi connectivity index (χ4v) is 3.54. The van der Waals surface area contributed by atoms with Crippen LogP contribution in [0.5, 0.6) is 5.75 Å². The minimum absolute atomic E-state index is 0.0681. The average Bonchev–Trinajstić information content (AvgIpc) is 3.07. The Labute approximate surface area is 148 Å². The van der Waals surface area contributed by atoms with Gasteiger partial charge in [0.15, 0.2) is 0 Å². The summed E-state index contributed by atoms with van der Waals surface area (Å²) in [5, 5.41) is 6.05. The molecule has 3 rings (SSSR count). The van der Waals surface area contributed by atoms with Crippen molar-refractivity contribution in [3.63, 3.8) is 0 Å². The van der Waals surface area contributed by atoms with Gasteiger partial charge in [0.2, 0.25) is 11.8 Å². The van der Waals surface area contributed by atoms with Gasteiger partial charge >= 0.3 is 0 Å². The summed E-state index contributed by atoms with van der Waals surface area (Å²) in [4.78, 5) is 25.6. The van der Waals surface area contributed by atoms with Gasteiger partial charge in [0.25, 0.3) is 0 Å². The molecule has 1 unspecified atom stereocenters. The van der Waals surface area contributed by atoms with Gasteiger partial charge in [-0.3, -0.25) is 9.59 Å². The molecule has 136 valence electrons. The van der Waals surface area contributed by atoms with Crippen LogP contribution >= 0.6 is 0 Å². The van der Waals surface area contributed by atoms with Crippen LogP contribution in [0.3, 0.4) is 0 Å². The number of nitrogens with one attached hydrogen (secondary N) is 2. The van der Waals surface area contributed by atoms with E-state index in [-0.39, 0.29) is 11.8 Å². The molecule has 0 bridgehead atoms. The summed E-state index contributed by atoms with van der Waals surface area (Å²) in [6.07, 6.45) is 3.62. The Hall–Kier alpha value is -2.08. The summed E-state index contributed by atoms with van der Waals surface area (Å²) in [5.41, 5.74) is 1.99. The molecule has 1 saturated heterocycles. The Morgan fingerprint density at radius 1 is 1.40 bits per heavy atom. The van der Waals surface area contributed by atoms with Crippen LogP contribution in [0.1, 0.15) is 31.2 Å². The number of carbonyl (C=O) groups is 2. The van der Waals surface area contributed by atoms with E-state index in [4.69, 9.17) is 4.74 Å². The quantitative estimate of drug-likeness (QED) is 0.739. The lowest BCUT2D eigenvalue weighted by Crippen LogP contribution is -2.30. The van der Waals surface area contributed by atoms with Crippen LogP contribution in [-0.2, 0) is 16.0 Å². The molecule has 25 heavy (non-hydrogen) atoms. The second-order valence-electron chi connectivity index (χ2n) is 6.87. The molecule has 0 radical (unpaired) electrons. The second kappa shape index (κ2) is 8.34. The van der Waals surface area contributed by atoms with E-state index in [0.717, 1.165) is 55.9 Å². The molecule has 2 N–H and O–H groups in total. The van der Waals surface area contributed by atoms with Crippen LogP contribution in [0, 0.1) is 5.92 Å². The Bertz CT molecular complexity index is 632. The second-order valence-corrected chi connectivity index (χ2v) is 6.87. The number of benzene rings is 1. The number of aryl methyl sites for hydroxylation is 1. The highest BCUT2D eigenvalue weighted by molar-refractivity contribution is 5.94. The summed E-state index contributed by atoms with van der Waals surface area (Å²) in [6, 6.07) is 5.74. The number of hydrogen-bond donors (Lipinski definition) is 2. The van der Waals surface area contributed by atoms with Gasteiger partial charge in [-0.15, -0.1) is 0 Å². The number of ether oxygens (including phenoxy) is 1. The number of amides is 2. The molecule has 2 amide bonds. The van der Waals surface area contributed by atoms with E-state index >= 15 is 0 Å². The van der Waals surface area contributed by atoms with Crippen molar-refractivity contribution in [1.29, 1.82) is 0 Å². The zero-order chi connectivity index (χ0) is 17.6. The fourth-order valence-electron chi connectivity index (χ4n) is 3.54. The predicted octanol–water partition coefficient (Wildman–Crippen LogP) is 1.80. The maximum Gasteiger partial charge on any atom is 0.224 e. The van der Waals surface area contributed by atoms with Crippen molar-refractivity contribution < 1.29 is 14.3 Å². The molecular formula is C19H27N3O3. The molecule has 1 aromatic rings. The van der Waals surface area contributed by atoms with E-state index in [0.29, 0.717) is 25.4 Å². The van der Waals surface area contributed by atoms with E-state index in [1.54, 1.807) is 0 Å².